The number of nitrogens with zero attached hydrogens (tertiary/aromatic N) is 5. The van der Waals surface area contributed by atoms with Gasteiger partial charge in [0.1, 0.15) is 22.6 Å². The molecule has 3 aromatic heterocycles. The van der Waals surface area contributed by atoms with Crippen LogP contribution in [0, 0.1) is 17.8 Å². The summed E-state index contributed by atoms with van der Waals surface area (Å²) in [5, 5.41) is 16.4. The van der Waals surface area contributed by atoms with Crippen molar-refractivity contribution in [2.75, 3.05) is 13.2 Å². The van der Waals surface area contributed by atoms with Crippen LogP contribution in [0.2, 0.25) is 5.02 Å². The Hall–Kier alpha value is -3.08. The maximum Gasteiger partial charge on any atom is 0.439 e. The topological polar surface area (TPSA) is 132 Å². The molecule has 1 unspecified atom stereocenters. The molecule has 2 fully saturated rings. The third kappa shape index (κ3) is 5.13. The molecule has 4 heterocycles. The zero-order valence-corrected chi connectivity index (χ0v) is 22.9. The number of aliphatic hydroxyl groups is 1. The van der Waals surface area contributed by atoms with Crippen molar-refractivity contribution < 1.29 is 14.4 Å². The molecule has 0 radical (unpaired) electrons. The molecule has 4 aromatic rings. The standard InChI is InChI=1S/C28H33ClN6O4/c1-16-6-8-17(9-7-16)15-35-22-21(18-4-3-5-20(29)14-18)30-24(25-33-27(36)39-34-25)31-23(22)32-26(35)28(2,37)19-10-12-38-13-11-19/h3-5,14,16-17,19,37H,6-13,15H2,1-2H3,(H,33,34,36). The van der Waals surface area contributed by atoms with Crippen molar-refractivity contribution in [2.45, 2.75) is 64.5 Å². The van der Waals surface area contributed by atoms with Gasteiger partial charge in [-0.2, -0.15) is 0 Å². The molecule has 0 amide bonds. The van der Waals surface area contributed by atoms with Gasteiger partial charge in [-0.05, 0) is 62.5 Å². The average Bonchev–Trinajstić information content (AvgIpc) is 3.54. The lowest BCUT2D eigenvalue weighted by molar-refractivity contribution is -0.0654. The van der Waals surface area contributed by atoms with Gasteiger partial charge in [-0.3, -0.25) is 9.51 Å². The Labute approximate surface area is 230 Å². The molecular weight excluding hydrogens is 520 g/mol. The highest BCUT2D eigenvalue weighted by atomic mass is 35.5. The van der Waals surface area contributed by atoms with E-state index in [-0.39, 0.29) is 17.6 Å². The minimum absolute atomic E-state index is 0.0119. The van der Waals surface area contributed by atoms with Gasteiger partial charge < -0.3 is 14.4 Å². The van der Waals surface area contributed by atoms with Crippen LogP contribution in [0.15, 0.2) is 33.6 Å². The fourth-order valence-corrected chi connectivity index (χ4v) is 6.27. The molecule has 6 rings (SSSR count). The number of rotatable bonds is 6. The molecule has 1 atom stereocenters. The SMILES string of the molecule is CC1CCC(Cn2c(C(C)(O)C3CCOCC3)nc3nc(-c4noc(=O)[nH]4)nc(-c4cccc(Cl)c4)c32)CC1. The average molecular weight is 553 g/mol. The fourth-order valence-electron chi connectivity index (χ4n) is 6.08. The molecule has 1 saturated heterocycles. The highest BCUT2D eigenvalue weighted by Gasteiger charge is 2.40. The molecule has 1 aromatic carbocycles. The molecule has 2 aliphatic rings. The number of fused-ring (bicyclic) bond motifs is 1. The molecule has 2 N–H and O–H groups in total. The summed E-state index contributed by atoms with van der Waals surface area (Å²) < 4.78 is 12.5. The van der Waals surface area contributed by atoms with E-state index in [4.69, 9.17) is 35.8 Å². The number of imidazole rings is 1. The summed E-state index contributed by atoms with van der Waals surface area (Å²) in [7, 11) is 0. The van der Waals surface area contributed by atoms with Crippen molar-refractivity contribution in [1.29, 1.82) is 0 Å². The normalized spacial score (nSPS) is 22.3. The first-order valence-electron chi connectivity index (χ1n) is 13.7. The molecule has 11 heteroatoms. The zero-order chi connectivity index (χ0) is 27.1. The third-order valence-electron chi connectivity index (χ3n) is 8.40. The van der Waals surface area contributed by atoms with Gasteiger partial charge in [0.25, 0.3) is 0 Å². The van der Waals surface area contributed by atoms with Crippen LogP contribution in [-0.4, -0.2) is 48.0 Å². The Morgan fingerprint density at radius 2 is 1.90 bits per heavy atom. The van der Waals surface area contributed by atoms with E-state index in [9.17, 15) is 9.90 Å². The van der Waals surface area contributed by atoms with Crippen molar-refractivity contribution in [3.05, 3.63) is 45.7 Å². The number of H-pyrrole nitrogens is 1. The van der Waals surface area contributed by atoms with E-state index < -0.39 is 11.4 Å². The molecule has 0 bridgehead atoms. The van der Waals surface area contributed by atoms with Crippen LogP contribution in [-0.2, 0) is 16.9 Å². The van der Waals surface area contributed by atoms with Crippen LogP contribution in [0.25, 0.3) is 34.1 Å². The lowest BCUT2D eigenvalue weighted by Gasteiger charge is -2.36. The first kappa shape index (κ1) is 26.2. The van der Waals surface area contributed by atoms with Gasteiger partial charge in [0.05, 0.1) is 0 Å². The number of halogens is 1. The Kier molecular flexibility index (Phi) is 7.03. The van der Waals surface area contributed by atoms with Gasteiger partial charge in [0, 0.05) is 30.3 Å². The molecule has 39 heavy (non-hydrogen) atoms. The number of hydrogen-bond acceptors (Lipinski definition) is 8. The van der Waals surface area contributed by atoms with Crippen LogP contribution < -0.4 is 5.76 Å². The van der Waals surface area contributed by atoms with Gasteiger partial charge in [-0.15, -0.1) is 0 Å². The molecule has 206 valence electrons. The van der Waals surface area contributed by atoms with E-state index in [1.165, 1.54) is 12.8 Å². The molecule has 0 spiro atoms. The van der Waals surface area contributed by atoms with Crippen molar-refractivity contribution in [3.63, 3.8) is 0 Å². The minimum atomic E-state index is -1.21. The van der Waals surface area contributed by atoms with E-state index in [0.717, 1.165) is 42.7 Å². The highest BCUT2D eigenvalue weighted by Crippen LogP contribution is 2.40. The van der Waals surface area contributed by atoms with Crippen molar-refractivity contribution in [3.8, 4) is 22.9 Å². The second-order valence-corrected chi connectivity index (χ2v) is 11.7. The number of nitrogens with one attached hydrogen (secondary N) is 1. The number of hydrogen-bond donors (Lipinski definition) is 2. The summed E-state index contributed by atoms with van der Waals surface area (Å²) in [5.74, 6) is 1.33. The van der Waals surface area contributed by atoms with Gasteiger partial charge in [0.2, 0.25) is 11.6 Å². The van der Waals surface area contributed by atoms with Gasteiger partial charge in [-0.25, -0.2) is 19.7 Å². The summed E-state index contributed by atoms with van der Waals surface area (Å²) in [6.07, 6.45) is 6.09. The summed E-state index contributed by atoms with van der Waals surface area (Å²) in [4.78, 5) is 28.8. The largest absolute Gasteiger partial charge is 0.439 e. The van der Waals surface area contributed by atoms with E-state index in [2.05, 4.69) is 21.6 Å². The smallest absolute Gasteiger partial charge is 0.382 e. The van der Waals surface area contributed by atoms with Crippen LogP contribution in [0.3, 0.4) is 0 Å². The first-order chi connectivity index (χ1) is 18.8. The Morgan fingerprint density at radius 1 is 1.13 bits per heavy atom. The molecule has 10 nitrogen and oxygen atoms in total. The highest BCUT2D eigenvalue weighted by molar-refractivity contribution is 6.30. The lowest BCUT2D eigenvalue weighted by Crippen LogP contribution is -2.38. The van der Waals surface area contributed by atoms with E-state index in [0.29, 0.717) is 47.9 Å². The Morgan fingerprint density at radius 3 is 2.59 bits per heavy atom. The maximum atomic E-state index is 12.1. The number of benzene rings is 1. The summed E-state index contributed by atoms with van der Waals surface area (Å²) >= 11 is 6.40. The lowest BCUT2D eigenvalue weighted by atomic mass is 9.81. The molecule has 1 saturated carbocycles. The second-order valence-electron chi connectivity index (χ2n) is 11.2. The Balaban J connectivity index is 1.58. The van der Waals surface area contributed by atoms with Crippen LogP contribution in [0.5, 0.6) is 0 Å². The predicted molar refractivity (Wildman–Crippen MR) is 146 cm³/mol. The fraction of sp³-hybridized carbons (Fsp3) is 0.536. The summed E-state index contributed by atoms with van der Waals surface area (Å²) in [5.41, 5.74) is 1.32. The van der Waals surface area contributed by atoms with Crippen molar-refractivity contribution >= 4 is 22.8 Å². The first-order valence-corrected chi connectivity index (χ1v) is 14.1. The molecular formula is C28H33ClN6O4. The van der Waals surface area contributed by atoms with Crippen molar-refractivity contribution in [2.24, 2.45) is 17.8 Å². The minimum Gasteiger partial charge on any atom is -0.382 e. The third-order valence-corrected chi connectivity index (χ3v) is 8.63. The Bertz CT molecular complexity index is 1530. The molecule has 1 aliphatic carbocycles. The number of aromatic amines is 1. The van der Waals surface area contributed by atoms with Gasteiger partial charge >= 0.3 is 5.76 Å². The van der Waals surface area contributed by atoms with Crippen LogP contribution in [0.4, 0.5) is 0 Å². The summed E-state index contributed by atoms with van der Waals surface area (Å²) in [6, 6.07) is 7.44. The summed E-state index contributed by atoms with van der Waals surface area (Å²) in [6.45, 7) is 6.09. The second kappa shape index (κ2) is 10.5. The van der Waals surface area contributed by atoms with Crippen molar-refractivity contribution in [1.82, 2.24) is 29.7 Å². The zero-order valence-electron chi connectivity index (χ0n) is 22.2. The van der Waals surface area contributed by atoms with Crippen LogP contribution >= 0.6 is 11.6 Å². The van der Waals surface area contributed by atoms with Gasteiger partial charge in [0.15, 0.2) is 5.65 Å². The quantitative estimate of drug-likeness (QED) is 0.343. The maximum absolute atomic E-state index is 12.1. The van der Waals surface area contributed by atoms with Gasteiger partial charge in [-0.1, -0.05) is 48.7 Å². The number of ether oxygens (including phenoxy) is 1. The van der Waals surface area contributed by atoms with E-state index >= 15 is 0 Å². The number of aromatic nitrogens is 6. The predicted octanol–water partition coefficient (Wildman–Crippen LogP) is 4.95. The van der Waals surface area contributed by atoms with E-state index in [1.807, 2.05) is 25.1 Å². The van der Waals surface area contributed by atoms with Crippen LogP contribution in [0.1, 0.15) is 58.2 Å². The molecule has 1 aliphatic heterocycles. The monoisotopic (exact) mass is 552 g/mol. The van der Waals surface area contributed by atoms with E-state index in [1.54, 1.807) is 6.07 Å².